The van der Waals surface area contributed by atoms with Crippen molar-refractivity contribution in [2.75, 3.05) is 45.6 Å². The Morgan fingerprint density at radius 2 is 1.95 bits per heavy atom. The first-order valence-corrected chi connectivity index (χ1v) is 16.5. The Bertz CT molecular complexity index is 1340. The van der Waals surface area contributed by atoms with E-state index in [0.717, 1.165) is 62.0 Å². The normalized spacial score (nSPS) is 21.2. The average Bonchev–Trinajstić information content (AvgIpc) is 3.06. The summed E-state index contributed by atoms with van der Waals surface area (Å²) < 4.78 is 20.7. The molecule has 2 aliphatic heterocycles. The van der Waals surface area contributed by atoms with Gasteiger partial charge in [-0.1, -0.05) is 18.2 Å². The van der Waals surface area contributed by atoms with Gasteiger partial charge in [0.15, 0.2) is 0 Å². The first-order chi connectivity index (χ1) is 21.4. The molecule has 2 saturated heterocycles. The van der Waals surface area contributed by atoms with Gasteiger partial charge < -0.3 is 25.2 Å². The number of carboxylic acids is 2. The molecule has 3 heterocycles. The van der Waals surface area contributed by atoms with Crippen molar-refractivity contribution in [2.24, 2.45) is 17.8 Å². The number of hydrogen-bond donors (Lipinski definition) is 3. The van der Waals surface area contributed by atoms with Crippen LogP contribution in [0.5, 0.6) is 5.75 Å². The van der Waals surface area contributed by atoms with Crippen LogP contribution >= 0.6 is 11.8 Å². The number of benzene rings is 2. The van der Waals surface area contributed by atoms with Crippen LogP contribution in [0.2, 0.25) is 0 Å². The van der Waals surface area contributed by atoms with Crippen LogP contribution in [-0.2, 0) is 9.59 Å². The molecule has 2 aliphatic rings. The minimum atomic E-state index is -1.17. The fourth-order valence-electron chi connectivity index (χ4n) is 6.02. The third-order valence-corrected chi connectivity index (χ3v) is 9.64. The number of pyridine rings is 1. The predicted molar refractivity (Wildman–Crippen MR) is 172 cm³/mol. The van der Waals surface area contributed by atoms with Gasteiger partial charge in [-0.2, -0.15) is 0 Å². The highest BCUT2D eigenvalue weighted by Crippen LogP contribution is 2.35. The largest absolute Gasteiger partial charge is 0.497 e. The molecule has 3 aromatic rings. The number of rotatable bonds is 12. The molecule has 8 nitrogen and oxygen atoms in total. The van der Waals surface area contributed by atoms with Crippen molar-refractivity contribution in [3.05, 3.63) is 66.4 Å². The molecule has 2 fully saturated rings. The van der Waals surface area contributed by atoms with Crippen LogP contribution in [0, 0.1) is 17.8 Å². The Morgan fingerprint density at radius 3 is 2.64 bits per heavy atom. The lowest BCUT2D eigenvalue weighted by molar-refractivity contribution is -0.146. The second kappa shape index (κ2) is 17.3. The van der Waals surface area contributed by atoms with Gasteiger partial charge in [-0.15, -0.1) is 11.8 Å². The molecule has 5 rings (SSSR count). The van der Waals surface area contributed by atoms with Crippen molar-refractivity contribution >= 4 is 34.6 Å². The summed E-state index contributed by atoms with van der Waals surface area (Å²) in [5.41, 5.74) is 1.32. The van der Waals surface area contributed by atoms with Gasteiger partial charge in [0.05, 0.1) is 24.5 Å². The molecule has 0 bridgehead atoms. The summed E-state index contributed by atoms with van der Waals surface area (Å²) in [6, 6.07) is 17.5. The minimum Gasteiger partial charge on any atom is -0.497 e. The first kappa shape index (κ1) is 33.7. The van der Waals surface area contributed by atoms with Gasteiger partial charge in [0.1, 0.15) is 11.9 Å². The van der Waals surface area contributed by atoms with Crippen LogP contribution in [0.15, 0.2) is 65.7 Å². The number of fused-ring (bicyclic) bond motifs is 1. The van der Waals surface area contributed by atoms with Gasteiger partial charge >= 0.3 is 11.9 Å². The summed E-state index contributed by atoms with van der Waals surface area (Å²) in [6.45, 7) is 3.94. The van der Waals surface area contributed by atoms with Crippen molar-refractivity contribution in [3.8, 4) is 5.75 Å². The summed E-state index contributed by atoms with van der Waals surface area (Å²) >= 11 is 1.83. The number of nitrogens with zero attached hydrogens (tertiary/aromatic N) is 2. The molecule has 10 heteroatoms. The number of hydrogen-bond acceptors (Lipinski definition) is 7. The second-order valence-corrected chi connectivity index (χ2v) is 12.7. The molecular weight excluding hydrogens is 581 g/mol. The molecule has 1 aromatic heterocycles. The fraction of sp³-hybridized carbons (Fsp3) is 0.500. The number of aromatic nitrogens is 1. The fourth-order valence-corrected chi connectivity index (χ4v) is 6.88. The number of nitrogens with one attached hydrogen (secondary N) is 1. The number of carboxylic acid groups (broad SMARTS) is 2. The highest BCUT2D eigenvalue weighted by Gasteiger charge is 2.34. The molecule has 44 heavy (non-hydrogen) atoms. The summed E-state index contributed by atoms with van der Waals surface area (Å²) in [5.74, 6) is -0.362. The Morgan fingerprint density at radius 1 is 1.14 bits per heavy atom. The van der Waals surface area contributed by atoms with Gasteiger partial charge in [-0.25, -0.2) is 4.39 Å². The quantitative estimate of drug-likeness (QED) is 0.157. The van der Waals surface area contributed by atoms with E-state index in [-0.39, 0.29) is 11.8 Å². The maximum absolute atomic E-state index is 15.4. The standard InChI is InChI=1S/C28H33FN2O3S.C6H11NO2/c1-34-21-9-11-27-24(18-21)23(12-14-30-27)26(29)10-8-20-13-16-31(19-25(20)28(32)33)15-5-17-35-22-6-3-2-4-7-22;8-6(9)5-2-1-3-7-4-5/h2-4,6-7,9,11-12,14,18,20,25-26H,5,8,10,13,15-17,19H2,1H3,(H,32,33);5,7H,1-4H2,(H,8,9)/t20-,25+,26?;/m1./s1. The number of likely N-dealkylation sites (tertiary alicyclic amines) is 1. The lowest BCUT2D eigenvalue weighted by atomic mass is 9.81. The summed E-state index contributed by atoms with van der Waals surface area (Å²) in [6.07, 6.45) is 4.96. The number of thioether (sulfide) groups is 1. The van der Waals surface area contributed by atoms with E-state index in [4.69, 9.17) is 9.84 Å². The van der Waals surface area contributed by atoms with Crippen molar-refractivity contribution in [2.45, 2.75) is 49.6 Å². The lowest BCUT2D eigenvalue weighted by Gasteiger charge is -2.36. The number of halogens is 1. The van der Waals surface area contributed by atoms with Crippen molar-refractivity contribution in [1.82, 2.24) is 15.2 Å². The summed E-state index contributed by atoms with van der Waals surface area (Å²) in [4.78, 5) is 30.2. The van der Waals surface area contributed by atoms with Gasteiger partial charge in [0.25, 0.3) is 0 Å². The Balaban J connectivity index is 0.000000421. The maximum atomic E-state index is 15.4. The van der Waals surface area contributed by atoms with Crippen LogP contribution < -0.4 is 10.1 Å². The summed E-state index contributed by atoms with van der Waals surface area (Å²) in [7, 11) is 1.59. The number of carbonyl (C=O) groups is 2. The monoisotopic (exact) mass is 625 g/mol. The highest BCUT2D eigenvalue weighted by atomic mass is 32.2. The highest BCUT2D eigenvalue weighted by molar-refractivity contribution is 7.99. The zero-order valence-electron chi connectivity index (χ0n) is 25.4. The third kappa shape index (κ3) is 9.90. The zero-order valence-corrected chi connectivity index (χ0v) is 26.2. The second-order valence-electron chi connectivity index (χ2n) is 11.5. The molecule has 0 spiro atoms. The smallest absolute Gasteiger partial charge is 0.308 e. The van der Waals surface area contributed by atoms with E-state index < -0.39 is 24.0 Å². The lowest BCUT2D eigenvalue weighted by Crippen LogP contribution is -2.44. The topological polar surface area (TPSA) is 112 Å². The van der Waals surface area contributed by atoms with Crippen LogP contribution in [-0.4, -0.2) is 77.6 Å². The van der Waals surface area contributed by atoms with Gasteiger partial charge in [-0.05, 0) is 112 Å². The number of methoxy groups -OCH3 is 1. The van der Waals surface area contributed by atoms with E-state index >= 15 is 4.39 Å². The third-order valence-electron chi connectivity index (χ3n) is 8.54. The molecule has 0 radical (unpaired) electrons. The Kier molecular flexibility index (Phi) is 13.3. The number of ether oxygens (including phenoxy) is 1. The van der Waals surface area contributed by atoms with Crippen molar-refractivity contribution in [1.29, 1.82) is 0 Å². The van der Waals surface area contributed by atoms with Crippen LogP contribution in [0.3, 0.4) is 0 Å². The van der Waals surface area contributed by atoms with E-state index in [0.29, 0.717) is 37.2 Å². The van der Waals surface area contributed by atoms with Gasteiger partial charge in [0, 0.05) is 29.6 Å². The van der Waals surface area contributed by atoms with E-state index in [1.165, 1.54) is 4.90 Å². The molecule has 2 unspecified atom stereocenters. The molecular formula is C34H44FN3O5S. The SMILES string of the molecule is COc1ccc2nccc(C(F)CC[C@@H]3CCN(CCCSc4ccccc4)C[C@@H]3C(=O)O)c2c1.O=C(O)C1CCCNC1. The van der Waals surface area contributed by atoms with Crippen molar-refractivity contribution in [3.63, 3.8) is 0 Å². The van der Waals surface area contributed by atoms with Gasteiger partial charge in [-0.3, -0.25) is 14.6 Å². The predicted octanol–water partition coefficient (Wildman–Crippen LogP) is 6.31. The van der Waals surface area contributed by atoms with Crippen molar-refractivity contribution < 1.29 is 28.9 Å². The van der Waals surface area contributed by atoms with E-state index in [1.54, 1.807) is 19.4 Å². The number of aliphatic carboxylic acids is 2. The number of piperidine rings is 2. The molecule has 2 aromatic carbocycles. The molecule has 0 aliphatic carbocycles. The average molecular weight is 626 g/mol. The van der Waals surface area contributed by atoms with Gasteiger partial charge in [0.2, 0.25) is 0 Å². The van der Waals surface area contributed by atoms with E-state index in [9.17, 15) is 14.7 Å². The molecule has 4 atom stereocenters. The van der Waals surface area contributed by atoms with Crippen LogP contribution in [0.1, 0.15) is 50.3 Å². The van der Waals surface area contributed by atoms with Crippen LogP contribution in [0.4, 0.5) is 4.39 Å². The minimum absolute atomic E-state index is 0.0108. The zero-order chi connectivity index (χ0) is 31.3. The molecule has 0 saturated carbocycles. The molecule has 3 N–H and O–H groups in total. The van der Waals surface area contributed by atoms with E-state index in [1.807, 2.05) is 48.2 Å². The molecule has 0 amide bonds. The first-order valence-electron chi connectivity index (χ1n) is 15.5. The van der Waals surface area contributed by atoms with Crippen LogP contribution in [0.25, 0.3) is 10.9 Å². The summed E-state index contributed by atoms with van der Waals surface area (Å²) in [5, 5.41) is 22.2. The number of alkyl halides is 1. The Hall–Kier alpha value is -3.21. The maximum Gasteiger partial charge on any atom is 0.308 e. The van der Waals surface area contributed by atoms with E-state index in [2.05, 4.69) is 27.3 Å². The Labute approximate surface area is 263 Å². The molecule has 238 valence electrons.